The highest BCUT2D eigenvalue weighted by Gasteiger charge is 2.21. The molecule has 0 bridgehead atoms. The van der Waals surface area contributed by atoms with Gasteiger partial charge in [0.2, 0.25) is 0 Å². The van der Waals surface area contributed by atoms with E-state index in [9.17, 15) is 5.26 Å². The lowest BCUT2D eigenvalue weighted by Crippen LogP contribution is -2.34. The molecule has 0 aliphatic carbocycles. The van der Waals surface area contributed by atoms with Crippen LogP contribution in [0.5, 0.6) is 5.75 Å². The molecule has 1 heterocycles. The summed E-state index contributed by atoms with van der Waals surface area (Å²) in [5, 5.41) is 12.5. The molecule has 1 saturated heterocycles. The lowest BCUT2D eigenvalue weighted by atomic mass is 9.93. The molecular weight excluding hydrogens is 250 g/mol. The summed E-state index contributed by atoms with van der Waals surface area (Å²) in [7, 11) is 3.67. The summed E-state index contributed by atoms with van der Waals surface area (Å²) in [5.74, 6) is 1.62. The topological polar surface area (TPSA) is 48.3 Å². The highest BCUT2D eigenvalue weighted by atomic mass is 16.5. The fourth-order valence-corrected chi connectivity index (χ4v) is 2.81. The van der Waals surface area contributed by atoms with Crippen molar-refractivity contribution in [1.82, 2.24) is 5.32 Å². The smallest absolute Gasteiger partial charge is 0.121 e. The van der Waals surface area contributed by atoms with E-state index in [-0.39, 0.29) is 0 Å². The predicted octanol–water partition coefficient (Wildman–Crippen LogP) is 2.39. The molecule has 2 rings (SSSR count). The standard InChI is InChI=1S/C16H23N3O/c1-18-8-5-13-6-9-19(10-7-13)16-11-15(20-2)4-3-14(16)12-17/h3-4,11,13,18H,5-10H2,1-2H3. The van der Waals surface area contributed by atoms with Crippen LogP contribution in [0.25, 0.3) is 0 Å². The molecule has 1 aliphatic heterocycles. The number of nitrogens with one attached hydrogen (secondary N) is 1. The van der Waals surface area contributed by atoms with E-state index in [2.05, 4.69) is 16.3 Å². The number of hydrogen-bond donors (Lipinski definition) is 1. The molecule has 1 aromatic carbocycles. The van der Waals surface area contributed by atoms with Gasteiger partial charge in [0.1, 0.15) is 11.8 Å². The molecule has 20 heavy (non-hydrogen) atoms. The van der Waals surface area contributed by atoms with E-state index in [4.69, 9.17) is 4.74 Å². The third-order valence-electron chi connectivity index (χ3n) is 4.08. The number of rotatable bonds is 5. The first-order valence-electron chi connectivity index (χ1n) is 7.26. The molecule has 0 radical (unpaired) electrons. The summed E-state index contributed by atoms with van der Waals surface area (Å²) in [5.41, 5.74) is 1.75. The monoisotopic (exact) mass is 273 g/mol. The highest BCUT2D eigenvalue weighted by Crippen LogP contribution is 2.30. The Bertz CT molecular complexity index is 473. The molecule has 4 nitrogen and oxygen atoms in total. The number of anilines is 1. The molecular formula is C16H23N3O. The molecule has 108 valence electrons. The fraction of sp³-hybridized carbons (Fsp3) is 0.562. The van der Waals surface area contributed by atoms with Crippen LogP contribution >= 0.6 is 0 Å². The van der Waals surface area contributed by atoms with Crippen LogP contribution in [0.15, 0.2) is 18.2 Å². The zero-order valence-corrected chi connectivity index (χ0v) is 12.4. The molecule has 4 heteroatoms. The van der Waals surface area contributed by atoms with E-state index in [1.807, 2.05) is 25.2 Å². The van der Waals surface area contributed by atoms with Crippen LogP contribution in [0.2, 0.25) is 0 Å². The SMILES string of the molecule is CNCCC1CCN(c2cc(OC)ccc2C#N)CC1. The summed E-state index contributed by atoms with van der Waals surface area (Å²) in [4.78, 5) is 2.32. The zero-order valence-electron chi connectivity index (χ0n) is 12.4. The van der Waals surface area contributed by atoms with Crippen molar-refractivity contribution in [3.05, 3.63) is 23.8 Å². The van der Waals surface area contributed by atoms with E-state index in [1.54, 1.807) is 7.11 Å². The number of ether oxygens (including phenoxy) is 1. The Hall–Kier alpha value is -1.73. The normalized spacial score (nSPS) is 15.9. The largest absolute Gasteiger partial charge is 0.497 e. The summed E-state index contributed by atoms with van der Waals surface area (Å²) in [6.07, 6.45) is 3.64. The van der Waals surface area contributed by atoms with Crippen molar-refractivity contribution >= 4 is 5.69 Å². The molecule has 1 aliphatic rings. The Morgan fingerprint density at radius 3 is 2.75 bits per heavy atom. The van der Waals surface area contributed by atoms with Gasteiger partial charge in [0.05, 0.1) is 18.4 Å². The average molecular weight is 273 g/mol. The first kappa shape index (κ1) is 14.7. The molecule has 1 N–H and O–H groups in total. The van der Waals surface area contributed by atoms with Crippen LogP contribution < -0.4 is 15.0 Å². The van der Waals surface area contributed by atoms with Crippen molar-refractivity contribution in [3.63, 3.8) is 0 Å². The summed E-state index contributed by atoms with van der Waals surface area (Å²) >= 11 is 0. The maximum absolute atomic E-state index is 9.26. The van der Waals surface area contributed by atoms with E-state index < -0.39 is 0 Å². The second-order valence-electron chi connectivity index (χ2n) is 5.32. The number of methoxy groups -OCH3 is 1. The van der Waals surface area contributed by atoms with Gasteiger partial charge in [-0.05, 0) is 50.9 Å². The van der Waals surface area contributed by atoms with E-state index in [0.29, 0.717) is 0 Å². The minimum absolute atomic E-state index is 0.736. The van der Waals surface area contributed by atoms with Gasteiger partial charge in [0.15, 0.2) is 0 Å². The number of hydrogen-bond acceptors (Lipinski definition) is 4. The Balaban J connectivity index is 2.04. The van der Waals surface area contributed by atoms with Crippen LogP contribution in [0.3, 0.4) is 0 Å². The molecule has 0 spiro atoms. The quantitative estimate of drug-likeness (QED) is 0.895. The Kier molecular flexibility index (Phi) is 5.25. The van der Waals surface area contributed by atoms with E-state index >= 15 is 0 Å². The Morgan fingerprint density at radius 2 is 2.15 bits per heavy atom. The van der Waals surface area contributed by atoms with Gasteiger partial charge in [-0.25, -0.2) is 0 Å². The van der Waals surface area contributed by atoms with Crippen LogP contribution in [-0.2, 0) is 0 Å². The molecule has 1 aromatic rings. The number of benzene rings is 1. The van der Waals surface area contributed by atoms with Crippen LogP contribution in [0.4, 0.5) is 5.69 Å². The van der Waals surface area contributed by atoms with Gasteiger partial charge in [-0.15, -0.1) is 0 Å². The van der Waals surface area contributed by atoms with Crippen LogP contribution in [0.1, 0.15) is 24.8 Å². The number of nitriles is 1. The molecule has 0 unspecified atom stereocenters. The zero-order chi connectivity index (χ0) is 14.4. The first-order valence-corrected chi connectivity index (χ1v) is 7.26. The highest BCUT2D eigenvalue weighted by molar-refractivity contribution is 5.62. The number of piperidine rings is 1. The number of nitrogens with zero attached hydrogens (tertiary/aromatic N) is 2. The third kappa shape index (κ3) is 3.43. The van der Waals surface area contributed by atoms with Gasteiger partial charge in [0.25, 0.3) is 0 Å². The minimum Gasteiger partial charge on any atom is -0.497 e. The predicted molar refractivity (Wildman–Crippen MR) is 81.2 cm³/mol. The maximum Gasteiger partial charge on any atom is 0.121 e. The van der Waals surface area contributed by atoms with Crippen molar-refractivity contribution in [2.45, 2.75) is 19.3 Å². The van der Waals surface area contributed by atoms with Crippen molar-refractivity contribution in [1.29, 1.82) is 5.26 Å². The van der Waals surface area contributed by atoms with Crippen LogP contribution in [-0.4, -0.2) is 33.8 Å². The third-order valence-corrected chi connectivity index (χ3v) is 4.08. The summed E-state index contributed by atoms with van der Waals surface area (Å²) in [6, 6.07) is 7.96. The van der Waals surface area contributed by atoms with E-state index in [1.165, 1.54) is 19.3 Å². The van der Waals surface area contributed by atoms with Gasteiger partial charge >= 0.3 is 0 Å². The fourth-order valence-electron chi connectivity index (χ4n) is 2.81. The second kappa shape index (κ2) is 7.16. The van der Waals surface area contributed by atoms with Gasteiger partial charge in [-0.3, -0.25) is 0 Å². The van der Waals surface area contributed by atoms with Crippen molar-refractivity contribution < 1.29 is 4.74 Å². The lowest BCUT2D eigenvalue weighted by Gasteiger charge is -2.34. The second-order valence-corrected chi connectivity index (χ2v) is 5.32. The lowest BCUT2D eigenvalue weighted by molar-refractivity contribution is 0.377. The molecule has 0 saturated carbocycles. The van der Waals surface area contributed by atoms with Gasteiger partial charge < -0.3 is 15.0 Å². The molecule has 1 fully saturated rings. The van der Waals surface area contributed by atoms with E-state index in [0.717, 1.165) is 42.6 Å². The van der Waals surface area contributed by atoms with Crippen molar-refractivity contribution in [3.8, 4) is 11.8 Å². The van der Waals surface area contributed by atoms with Crippen LogP contribution in [0, 0.1) is 17.2 Å². The Morgan fingerprint density at radius 1 is 1.40 bits per heavy atom. The van der Waals surface area contributed by atoms with Crippen molar-refractivity contribution in [2.75, 3.05) is 38.7 Å². The van der Waals surface area contributed by atoms with Gasteiger partial charge in [-0.2, -0.15) is 5.26 Å². The molecule has 0 aromatic heterocycles. The molecule has 0 atom stereocenters. The van der Waals surface area contributed by atoms with Gasteiger partial charge in [0, 0.05) is 19.2 Å². The Labute approximate surface area is 121 Å². The summed E-state index contributed by atoms with van der Waals surface area (Å²) in [6.45, 7) is 3.14. The average Bonchev–Trinajstić information content (AvgIpc) is 2.52. The van der Waals surface area contributed by atoms with Gasteiger partial charge in [-0.1, -0.05) is 0 Å². The van der Waals surface area contributed by atoms with Crippen molar-refractivity contribution in [2.24, 2.45) is 5.92 Å². The maximum atomic E-state index is 9.26. The summed E-state index contributed by atoms with van der Waals surface area (Å²) < 4.78 is 5.28. The molecule has 0 amide bonds. The first-order chi connectivity index (χ1) is 9.78. The minimum atomic E-state index is 0.736.